The number of benzene rings is 2. The van der Waals surface area contributed by atoms with Crippen LogP contribution in [-0.4, -0.2) is 11.0 Å². The van der Waals surface area contributed by atoms with Crippen molar-refractivity contribution in [3.05, 3.63) is 69.8 Å². The van der Waals surface area contributed by atoms with Crippen LogP contribution >= 0.6 is 35.4 Å². The van der Waals surface area contributed by atoms with Crippen LogP contribution in [0, 0.1) is 0 Å². The van der Waals surface area contributed by atoms with E-state index in [0.29, 0.717) is 26.5 Å². The number of thiocarbonyl (C=S) groups is 1. The Balaban J connectivity index is 1.95. The number of amides is 1. The highest BCUT2D eigenvalue weighted by Crippen LogP contribution is 2.25. The first-order chi connectivity index (χ1) is 10.5. The molecule has 2 aromatic carbocycles. The second kappa shape index (κ2) is 6.08. The standard InChI is InChI=1S/C16H10Cl2N2OS/c17-11-4-1-3-10(7-11)8-14-15(21)20(16(22)19-14)13-6-2-5-12(18)9-13/h1-9H,(H,19,22)/b14-8+. The van der Waals surface area contributed by atoms with Gasteiger partial charge in [-0.05, 0) is 54.2 Å². The number of nitrogens with one attached hydrogen (secondary N) is 1. The predicted molar refractivity (Wildman–Crippen MR) is 94.1 cm³/mol. The van der Waals surface area contributed by atoms with E-state index < -0.39 is 0 Å². The number of halogens is 2. The average Bonchev–Trinajstić information content (AvgIpc) is 2.73. The van der Waals surface area contributed by atoms with E-state index in [2.05, 4.69) is 5.32 Å². The number of carbonyl (C=O) groups excluding carboxylic acids is 1. The molecule has 1 aliphatic heterocycles. The molecule has 3 rings (SSSR count). The first-order valence-electron chi connectivity index (χ1n) is 6.43. The summed E-state index contributed by atoms with van der Waals surface area (Å²) < 4.78 is 0. The van der Waals surface area contributed by atoms with Crippen LogP contribution in [0.15, 0.2) is 54.2 Å². The first-order valence-corrected chi connectivity index (χ1v) is 7.59. The van der Waals surface area contributed by atoms with Gasteiger partial charge < -0.3 is 5.32 Å². The van der Waals surface area contributed by atoms with E-state index in [1.54, 1.807) is 42.5 Å². The van der Waals surface area contributed by atoms with E-state index >= 15 is 0 Å². The molecule has 6 heteroatoms. The topological polar surface area (TPSA) is 32.3 Å². The molecule has 1 fully saturated rings. The summed E-state index contributed by atoms with van der Waals surface area (Å²) in [6.45, 7) is 0. The van der Waals surface area contributed by atoms with Gasteiger partial charge in [-0.3, -0.25) is 9.69 Å². The van der Waals surface area contributed by atoms with Crippen LogP contribution in [0.1, 0.15) is 5.56 Å². The van der Waals surface area contributed by atoms with Crippen molar-refractivity contribution < 1.29 is 4.79 Å². The summed E-state index contributed by atoms with van der Waals surface area (Å²) in [6.07, 6.45) is 1.71. The number of hydrogen-bond donors (Lipinski definition) is 1. The maximum atomic E-state index is 12.5. The summed E-state index contributed by atoms with van der Waals surface area (Å²) in [5.41, 5.74) is 1.84. The minimum absolute atomic E-state index is 0.229. The monoisotopic (exact) mass is 348 g/mol. The number of hydrogen-bond acceptors (Lipinski definition) is 2. The van der Waals surface area contributed by atoms with Crippen LogP contribution < -0.4 is 10.2 Å². The molecule has 1 N–H and O–H groups in total. The largest absolute Gasteiger partial charge is 0.327 e. The van der Waals surface area contributed by atoms with Crippen LogP contribution in [0.2, 0.25) is 10.0 Å². The lowest BCUT2D eigenvalue weighted by Crippen LogP contribution is -2.30. The van der Waals surface area contributed by atoms with Gasteiger partial charge in [0.2, 0.25) is 0 Å². The average molecular weight is 349 g/mol. The molecule has 3 nitrogen and oxygen atoms in total. The number of anilines is 1. The van der Waals surface area contributed by atoms with Crippen LogP contribution in [0.5, 0.6) is 0 Å². The minimum atomic E-state index is -0.229. The van der Waals surface area contributed by atoms with E-state index in [4.69, 9.17) is 35.4 Å². The van der Waals surface area contributed by atoms with Crippen molar-refractivity contribution in [1.29, 1.82) is 0 Å². The summed E-state index contributed by atoms with van der Waals surface area (Å²) >= 11 is 17.2. The molecule has 2 aromatic rings. The van der Waals surface area contributed by atoms with Crippen molar-refractivity contribution >= 4 is 58.2 Å². The van der Waals surface area contributed by atoms with Gasteiger partial charge in [-0.2, -0.15) is 0 Å². The third kappa shape index (κ3) is 2.99. The Hall–Kier alpha value is -1.88. The van der Waals surface area contributed by atoms with Gasteiger partial charge in [0.1, 0.15) is 5.70 Å². The van der Waals surface area contributed by atoms with Crippen LogP contribution in [0.4, 0.5) is 5.69 Å². The van der Waals surface area contributed by atoms with E-state index in [1.165, 1.54) is 4.90 Å². The van der Waals surface area contributed by atoms with Crippen molar-refractivity contribution in [3.8, 4) is 0 Å². The van der Waals surface area contributed by atoms with E-state index in [-0.39, 0.29) is 5.91 Å². The fourth-order valence-corrected chi connectivity index (χ4v) is 2.83. The fourth-order valence-electron chi connectivity index (χ4n) is 2.15. The maximum absolute atomic E-state index is 12.5. The molecule has 0 bridgehead atoms. The van der Waals surface area contributed by atoms with E-state index in [0.717, 1.165) is 5.56 Å². The predicted octanol–water partition coefficient (Wildman–Crippen LogP) is 4.26. The minimum Gasteiger partial charge on any atom is -0.327 e. The van der Waals surface area contributed by atoms with Gasteiger partial charge >= 0.3 is 0 Å². The fraction of sp³-hybridized carbons (Fsp3) is 0. The van der Waals surface area contributed by atoms with Crippen molar-refractivity contribution in [2.75, 3.05) is 4.90 Å². The molecule has 1 saturated heterocycles. The molecule has 0 spiro atoms. The van der Waals surface area contributed by atoms with Gasteiger partial charge in [-0.25, -0.2) is 0 Å². The molecule has 0 aliphatic carbocycles. The Morgan fingerprint density at radius 1 is 1.05 bits per heavy atom. The van der Waals surface area contributed by atoms with Crippen molar-refractivity contribution in [1.82, 2.24) is 5.32 Å². The van der Waals surface area contributed by atoms with Gasteiger partial charge in [0.15, 0.2) is 5.11 Å². The zero-order valence-corrected chi connectivity index (χ0v) is 13.5. The third-order valence-corrected chi connectivity index (χ3v) is 3.86. The van der Waals surface area contributed by atoms with Gasteiger partial charge in [-0.15, -0.1) is 0 Å². The zero-order chi connectivity index (χ0) is 15.7. The van der Waals surface area contributed by atoms with Crippen molar-refractivity contribution in [2.45, 2.75) is 0 Å². The first kappa shape index (κ1) is 15.0. The van der Waals surface area contributed by atoms with Crippen molar-refractivity contribution in [3.63, 3.8) is 0 Å². The van der Waals surface area contributed by atoms with Gasteiger partial charge in [0, 0.05) is 10.0 Å². The normalized spacial score (nSPS) is 16.3. The lowest BCUT2D eigenvalue weighted by Gasteiger charge is -2.13. The Kier molecular flexibility index (Phi) is 4.16. The number of nitrogens with zero attached hydrogens (tertiary/aromatic N) is 1. The molecule has 0 saturated carbocycles. The third-order valence-electron chi connectivity index (χ3n) is 3.10. The van der Waals surface area contributed by atoms with Crippen molar-refractivity contribution in [2.24, 2.45) is 0 Å². The SMILES string of the molecule is O=C1/C(=C\c2cccc(Cl)c2)NC(=S)N1c1cccc(Cl)c1. The lowest BCUT2D eigenvalue weighted by molar-refractivity contribution is -0.113. The summed E-state index contributed by atoms with van der Waals surface area (Å²) in [4.78, 5) is 14.0. The Morgan fingerprint density at radius 3 is 2.41 bits per heavy atom. The molecule has 0 atom stereocenters. The highest BCUT2D eigenvalue weighted by atomic mass is 35.5. The lowest BCUT2D eigenvalue weighted by atomic mass is 10.2. The molecule has 1 aliphatic rings. The smallest absolute Gasteiger partial charge is 0.281 e. The molecular formula is C16H10Cl2N2OS. The molecule has 0 radical (unpaired) electrons. The van der Waals surface area contributed by atoms with E-state index in [9.17, 15) is 4.79 Å². The number of rotatable bonds is 2. The molecule has 0 unspecified atom stereocenters. The second-order valence-corrected chi connectivity index (χ2v) is 5.92. The van der Waals surface area contributed by atoms with Crippen LogP contribution in [-0.2, 0) is 4.79 Å². The Morgan fingerprint density at radius 2 is 1.73 bits per heavy atom. The highest BCUT2D eigenvalue weighted by Gasteiger charge is 2.31. The molecule has 0 aromatic heterocycles. The maximum Gasteiger partial charge on any atom is 0.281 e. The summed E-state index contributed by atoms with van der Waals surface area (Å²) in [5.74, 6) is -0.229. The molecule has 110 valence electrons. The molecule has 1 heterocycles. The van der Waals surface area contributed by atoms with Crippen LogP contribution in [0.3, 0.4) is 0 Å². The Bertz CT molecular complexity index is 804. The van der Waals surface area contributed by atoms with Gasteiger partial charge in [0.05, 0.1) is 5.69 Å². The second-order valence-electron chi connectivity index (χ2n) is 4.66. The van der Waals surface area contributed by atoms with E-state index in [1.807, 2.05) is 12.1 Å². The quantitative estimate of drug-likeness (QED) is 0.650. The summed E-state index contributed by atoms with van der Waals surface area (Å²) in [7, 11) is 0. The van der Waals surface area contributed by atoms with Gasteiger partial charge in [-0.1, -0.05) is 41.4 Å². The summed E-state index contributed by atoms with van der Waals surface area (Å²) in [5, 5.41) is 4.39. The molecule has 1 amide bonds. The highest BCUT2D eigenvalue weighted by molar-refractivity contribution is 7.80. The summed E-state index contributed by atoms with van der Waals surface area (Å²) in [6, 6.07) is 14.2. The van der Waals surface area contributed by atoms with Crippen LogP contribution in [0.25, 0.3) is 6.08 Å². The zero-order valence-electron chi connectivity index (χ0n) is 11.2. The molecule has 22 heavy (non-hydrogen) atoms. The van der Waals surface area contributed by atoms with Gasteiger partial charge in [0.25, 0.3) is 5.91 Å². The molecular weight excluding hydrogens is 339 g/mol. The number of carbonyl (C=O) groups is 1. The Labute approximate surface area is 143 Å².